The molecule has 1 N–H and O–H groups in total. The molecular formula is C21H25N3OS2. The van der Waals surface area contributed by atoms with Gasteiger partial charge in [0, 0.05) is 17.0 Å². The van der Waals surface area contributed by atoms with E-state index in [-0.39, 0.29) is 11.9 Å². The first kappa shape index (κ1) is 19.7. The molecule has 0 saturated heterocycles. The highest BCUT2D eigenvalue weighted by molar-refractivity contribution is 7.12. The molecule has 0 aliphatic heterocycles. The Kier molecular flexibility index (Phi) is 6.42. The standard InChI is InChI=1S/C21H25N3OS2/c1-14-5-7-16(8-6-14)21-19(27-15(2)23-21)11-20(25)22-12-18(24(3)4)17-9-10-26-13-17/h5-10,13,18H,11-12H2,1-4H3,(H,22,25). The molecule has 6 heteroatoms. The van der Waals surface area contributed by atoms with Gasteiger partial charge in [0.15, 0.2) is 0 Å². The number of nitrogens with zero attached hydrogens (tertiary/aromatic N) is 2. The summed E-state index contributed by atoms with van der Waals surface area (Å²) in [7, 11) is 4.08. The molecule has 1 aromatic carbocycles. The zero-order chi connectivity index (χ0) is 19.4. The number of carbonyl (C=O) groups excluding carboxylic acids is 1. The number of amides is 1. The predicted molar refractivity (Wildman–Crippen MR) is 114 cm³/mol. The van der Waals surface area contributed by atoms with Gasteiger partial charge < -0.3 is 10.2 Å². The number of hydrogen-bond donors (Lipinski definition) is 1. The first-order valence-corrected chi connectivity index (χ1v) is 10.7. The number of aromatic nitrogens is 1. The first-order valence-electron chi connectivity index (χ1n) is 8.92. The van der Waals surface area contributed by atoms with Crippen molar-refractivity contribution < 1.29 is 4.79 Å². The van der Waals surface area contributed by atoms with Crippen LogP contribution in [0.25, 0.3) is 11.3 Å². The van der Waals surface area contributed by atoms with E-state index >= 15 is 0 Å². The number of nitrogens with one attached hydrogen (secondary N) is 1. The third kappa shape index (κ3) is 5.03. The van der Waals surface area contributed by atoms with Crippen molar-refractivity contribution >= 4 is 28.6 Å². The van der Waals surface area contributed by atoms with E-state index in [0.717, 1.165) is 21.1 Å². The number of carbonyl (C=O) groups is 1. The van der Waals surface area contributed by atoms with Crippen LogP contribution < -0.4 is 5.32 Å². The Labute approximate surface area is 168 Å². The van der Waals surface area contributed by atoms with E-state index in [0.29, 0.717) is 13.0 Å². The minimum atomic E-state index is 0.0362. The second-order valence-electron chi connectivity index (χ2n) is 6.89. The number of likely N-dealkylation sites (N-methyl/N-ethyl adjacent to an activating group) is 1. The van der Waals surface area contributed by atoms with Crippen LogP contribution >= 0.6 is 22.7 Å². The Morgan fingerprint density at radius 1 is 1.19 bits per heavy atom. The highest BCUT2D eigenvalue weighted by Crippen LogP contribution is 2.29. The van der Waals surface area contributed by atoms with Crippen LogP contribution in [0.5, 0.6) is 0 Å². The van der Waals surface area contributed by atoms with E-state index in [1.807, 2.05) is 21.0 Å². The van der Waals surface area contributed by atoms with Crippen molar-refractivity contribution in [3.63, 3.8) is 0 Å². The first-order chi connectivity index (χ1) is 12.9. The van der Waals surface area contributed by atoms with E-state index in [1.54, 1.807) is 22.7 Å². The van der Waals surface area contributed by atoms with E-state index in [9.17, 15) is 4.79 Å². The third-order valence-corrected chi connectivity index (χ3v) is 6.17. The Hall–Kier alpha value is -2.02. The fourth-order valence-electron chi connectivity index (χ4n) is 3.01. The summed E-state index contributed by atoms with van der Waals surface area (Å²) >= 11 is 3.28. The molecule has 3 rings (SSSR count). The van der Waals surface area contributed by atoms with Crippen LogP contribution in [0.15, 0.2) is 41.1 Å². The van der Waals surface area contributed by atoms with Crippen molar-refractivity contribution in [2.45, 2.75) is 26.3 Å². The molecule has 0 fully saturated rings. The fraction of sp³-hybridized carbons (Fsp3) is 0.333. The quantitative estimate of drug-likeness (QED) is 0.638. The molecule has 27 heavy (non-hydrogen) atoms. The molecule has 2 aromatic heterocycles. The molecule has 0 bridgehead atoms. The van der Waals surface area contributed by atoms with Gasteiger partial charge in [-0.3, -0.25) is 4.79 Å². The lowest BCUT2D eigenvalue weighted by atomic mass is 10.1. The van der Waals surface area contributed by atoms with E-state index < -0.39 is 0 Å². The molecule has 2 heterocycles. The van der Waals surface area contributed by atoms with Gasteiger partial charge in [-0.1, -0.05) is 29.8 Å². The maximum atomic E-state index is 12.6. The molecule has 0 aliphatic carbocycles. The number of thiazole rings is 1. The monoisotopic (exact) mass is 399 g/mol. The van der Waals surface area contributed by atoms with Crippen LogP contribution in [0.4, 0.5) is 0 Å². The van der Waals surface area contributed by atoms with Crippen molar-refractivity contribution in [2.24, 2.45) is 0 Å². The van der Waals surface area contributed by atoms with Crippen molar-refractivity contribution in [1.29, 1.82) is 0 Å². The molecule has 0 saturated carbocycles. The van der Waals surface area contributed by atoms with Gasteiger partial charge in [0.25, 0.3) is 0 Å². The minimum absolute atomic E-state index is 0.0362. The summed E-state index contributed by atoms with van der Waals surface area (Å²) in [5.41, 5.74) is 4.44. The van der Waals surface area contributed by atoms with Gasteiger partial charge in [-0.15, -0.1) is 11.3 Å². The highest BCUT2D eigenvalue weighted by atomic mass is 32.1. The smallest absolute Gasteiger partial charge is 0.225 e. The predicted octanol–water partition coefficient (Wildman–Crippen LogP) is 4.45. The molecule has 0 radical (unpaired) electrons. The molecule has 142 valence electrons. The van der Waals surface area contributed by atoms with Gasteiger partial charge in [0.1, 0.15) is 0 Å². The second kappa shape index (κ2) is 8.78. The number of benzene rings is 1. The molecule has 1 unspecified atom stereocenters. The van der Waals surface area contributed by atoms with Crippen LogP contribution in [0.2, 0.25) is 0 Å². The highest BCUT2D eigenvalue weighted by Gasteiger charge is 2.18. The molecular weight excluding hydrogens is 374 g/mol. The Morgan fingerprint density at radius 2 is 1.93 bits per heavy atom. The summed E-state index contributed by atoms with van der Waals surface area (Å²) < 4.78 is 0. The molecule has 1 amide bonds. The lowest BCUT2D eigenvalue weighted by Gasteiger charge is -2.24. The second-order valence-corrected chi connectivity index (χ2v) is 8.96. The van der Waals surface area contributed by atoms with E-state index in [4.69, 9.17) is 0 Å². The summed E-state index contributed by atoms with van der Waals surface area (Å²) in [5.74, 6) is 0.0362. The van der Waals surface area contributed by atoms with Gasteiger partial charge >= 0.3 is 0 Å². The van der Waals surface area contributed by atoms with Crippen LogP contribution in [-0.4, -0.2) is 36.4 Å². The van der Waals surface area contributed by atoms with Crippen molar-refractivity contribution in [1.82, 2.24) is 15.2 Å². The van der Waals surface area contributed by atoms with Crippen LogP contribution in [0.1, 0.15) is 27.1 Å². The minimum Gasteiger partial charge on any atom is -0.354 e. The Morgan fingerprint density at radius 3 is 2.56 bits per heavy atom. The number of rotatable bonds is 7. The number of thiophene rings is 1. The maximum absolute atomic E-state index is 12.6. The molecule has 0 spiro atoms. The Bertz CT molecular complexity index is 883. The topological polar surface area (TPSA) is 45.2 Å². The SMILES string of the molecule is Cc1ccc(-c2nc(C)sc2CC(=O)NCC(c2ccsc2)N(C)C)cc1. The maximum Gasteiger partial charge on any atom is 0.225 e. The van der Waals surface area contributed by atoms with Crippen molar-refractivity contribution in [3.05, 3.63) is 62.1 Å². The summed E-state index contributed by atoms with van der Waals surface area (Å²) in [6.45, 7) is 4.65. The largest absolute Gasteiger partial charge is 0.354 e. The molecule has 3 aromatic rings. The van der Waals surface area contributed by atoms with Crippen molar-refractivity contribution in [2.75, 3.05) is 20.6 Å². The van der Waals surface area contributed by atoms with Crippen LogP contribution in [-0.2, 0) is 11.2 Å². The van der Waals surface area contributed by atoms with Crippen molar-refractivity contribution in [3.8, 4) is 11.3 Å². The number of aryl methyl sites for hydroxylation is 2. The van der Waals surface area contributed by atoms with E-state index in [2.05, 4.69) is 63.2 Å². The average Bonchev–Trinajstić information content (AvgIpc) is 3.26. The van der Waals surface area contributed by atoms with E-state index in [1.165, 1.54) is 11.1 Å². The van der Waals surface area contributed by atoms with Gasteiger partial charge in [0.05, 0.1) is 23.2 Å². The fourth-order valence-corrected chi connectivity index (χ4v) is 4.67. The van der Waals surface area contributed by atoms with Crippen LogP contribution in [0, 0.1) is 13.8 Å². The summed E-state index contributed by atoms with van der Waals surface area (Å²) in [6.07, 6.45) is 0.360. The molecule has 4 nitrogen and oxygen atoms in total. The van der Waals surface area contributed by atoms with Gasteiger partial charge in [-0.05, 0) is 50.3 Å². The van der Waals surface area contributed by atoms with Crippen LogP contribution in [0.3, 0.4) is 0 Å². The number of hydrogen-bond acceptors (Lipinski definition) is 5. The lowest BCUT2D eigenvalue weighted by molar-refractivity contribution is -0.120. The van der Waals surface area contributed by atoms with Gasteiger partial charge in [0.2, 0.25) is 5.91 Å². The summed E-state index contributed by atoms with van der Waals surface area (Å²) in [5, 5.41) is 8.29. The zero-order valence-electron chi connectivity index (χ0n) is 16.2. The molecule has 0 aliphatic rings. The third-order valence-electron chi connectivity index (χ3n) is 4.49. The lowest BCUT2D eigenvalue weighted by Crippen LogP contribution is -2.35. The molecule has 1 atom stereocenters. The summed E-state index contributed by atoms with van der Waals surface area (Å²) in [6, 6.07) is 10.6. The zero-order valence-corrected chi connectivity index (χ0v) is 17.8. The van der Waals surface area contributed by atoms with Gasteiger partial charge in [-0.2, -0.15) is 11.3 Å². The average molecular weight is 400 g/mol. The normalized spacial score (nSPS) is 12.3. The Balaban J connectivity index is 1.68. The van der Waals surface area contributed by atoms with Gasteiger partial charge in [-0.25, -0.2) is 4.98 Å². The summed E-state index contributed by atoms with van der Waals surface area (Å²) in [4.78, 5) is 20.4.